The maximum absolute atomic E-state index is 11.4. The minimum absolute atomic E-state index is 0.0623. The zero-order valence-electron chi connectivity index (χ0n) is 9.50. The van der Waals surface area contributed by atoms with Crippen LogP contribution in [0.25, 0.3) is 0 Å². The minimum atomic E-state index is -1.45. The van der Waals surface area contributed by atoms with E-state index in [1.807, 2.05) is 0 Å². The summed E-state index contributed by atoms with van der Waals surface area (Å²) >= 11 is 0. The molecule has 17 heavy (non-hydrogen) atoms. The molecule has 0 aromatic heterocycles. The largest absolute Gasteiger partial charge is 0.391 e. The van der Waals surface area contributed by atoms with E-state index in [-0.39, 0.29) is 12.5 Å². The average molecular weight is 237 g/mol. The molecule has 1 aromatic rings. The average Bonchev–Trinajstić information content (AvgIpc) is 2.28. The monoisotopic (exact) mass is 237 g/mol. The highest BCUT2D eigenvalue weighted by atomic mass is 16.6. The molecule has 0 aliphatic carbocycles. The van der Waals surface area contributed by atoms with Gasteiger partial charge in [0.25, 0.3) is 0 Å². The van der Waals surface area contributed by atoms with Gasteiger partial charge in [-0.1, -0.05) is 30.3 Å². The van der Waals surface area contributed by atoms with Crippen molar-refractivity contribution in [3.8, 4) is 0 Å². The Balaban J connectivity index is 2.56. The summed E-state index contributed by atoms with van der Waals surface area (Å²) in [4.78, 5) is 22.6. The van der Waals surface area contributed by atoms with Crippen molar-refractivity contribution in [2.75, 3.05) is 0 Å². The molecule has 1 rings (SSSR count). The van der Waals surface area contributed by atoms with Gasteiger partial charge in [0, 0.05) is 6.04 Å². The Morgan fingerprint density at radius 1 is 1.35 bits per heavy atom. The van der Waals surface area contributed by atoms with Crippen LogP contribution in [-0.2, 0) is 14.3 Å². The summed E-state index contributed by atoms with van der Waals surface area (Å²) in [5.74, 6) is -1.72. The van der Waals surface area contributed by atoms with Crippen LogP contribution in [0.15, 0.2) is 30.3 Å². The Labute approximate surface area is 99.2 Å². The van der Waals surface area contributed by atoms with E-state index in [0.29, 0.717) is 5.56 Å². The summed E-state index contributed by atoms with van der Waals surface area (Å²) in [6.07, 6.45) is -1.51. The maximum Gasteiger partial charge on any atom is 0.347 e. The predicted molar refractivity (Wildman–Crippen MR) is 60.8 cm³/mol. The van der Waals surface area contributed by atoms with Gasteiger partial charge in [-0.25, -0.2) is 4.79 Å². The second-order valence-corrected chi connectivity index (χ2v) is 3.79. The van der Waals surface area contributed by atoms with Crippen LogP contribution in [0.2, 0.25) is 0 Å². The van der Waals surface area contributed by atoms with Gasteiger partial charge in [-0.3, -0.25) is 4.79 Å². The summed E-state index contributed by atoms with van der Waals surface area (Å²) in [7, 11) is 0. The number of esters is 2. The van der Waals surface area contributed by atoms with Crippen LogP contribution in [0, 0.1) is 0 Å². The Hall–Kier alpha value is -1.72. The van der Waals surface area contributed by atoms with Crippen LogP contribution in [0.3, 0.4) is 0 Å². The van der Waals surface area contributed by atoms with Crippen molar-refractivity contribution < 1.29 is 19.4 Å². The first kappa shape index (κ1) is 13.3. The number of hydrogen-bond acceptors (Lipinski definition) is 5. The van der Waals surface area contributed by atoms with E-state index in [1.165, 1.54) is 0 Å². The number of benzene rings is 1. The van der Waals surface area contributed by atoms with Gasteiger partial charge in [0.05, 0.1) is 6.42 Å². The van der Waals surface area contributed by atoms with Crippen LogP contribution < -0.4 is 5.73 Å². The molecule has 0 saturated heterocycles. The molecule has 0 heterocycles. The van der Waals surface area contributed by atoms with Crippen molar-refractivity contribution in [3.63, 3.8) is 0 Å². The van der Waals surface area contributed by atoms with Gasteiger partial charge < -0.3 is 15.6 Å². The summed E-state index contributed by atoms with van der Waals surface area (Å²) < 4.78 is 4.47. The smallest absolute Gasteiger partial charge is 0.347 e. The molecular formula is C12H15NO4. The summed E-state index contributed by atoms with van der Waals surface area (Å²) in [5, 5.41) is 9.61. The standard InChI is InChI=1S/C12H15NO4/c1-8(13)7-10(14)17-12(16)11(15)9-5-3-2-4-6-9/h2-6,8,11,15H,7,13H2,1H3/t8-,11-/m1/s1. The third-order valence-corrected chi connectivity index (χ3v) is 2.04. The second kappa shape index (κ2) is 6.12. The Bertz CT molecular complexity index is 389. The lowest BCUT2D eigenvalue weighted by Gasteiger charge is -2.10. The number of aliphatic hydroxyl groups is 1. The molecule has 5 nitrogen and oxygen atoms in total. The predicted octanol–water partition coefficient (Wildman–Crippen LogP) is 0.527. The molecule has 0 amide bonds. The molecule has 0 unspecified atom stereocenters. The quantitative estimate of drug-likeness (QED) is 0.589. The lowest BCUT2D eigenvalue weighted by molar-refractivity contribution is -0.166. The Kier molecular flexibility index (Phi) is 4.81. The van der Waals surface area contributed by atoms with Gasteiger partial charge >= 0.3 is 11.9 Å². The Morgan fingerprint density at radius 3 is 2.47 bits per heavy atom. The van der Waals surface area contributed by atoms with Gasteiger partial charge in [-0.2, -0.15) is 0 Å². The fraction of sp³-hybridized carbons (Fsp3) is 0.333. The summed E-state index contributed by atoms with van der Waals surface area (Å²) in [6.45, 7) is 1.62. The zero-order valence-corrected chi connectivity index (χ0v) is 9.50. The minimum Gasteiger partial charge on any atom is -0.391 e. The number of carbonyl (C=O) groups excluding carboxylic acids is 2. The fourth-order valence-corrected chi connectivity index (χ4v) is 1.24. The van der Waals surface area contributed by atoms with E-state index in [9.17, 15) is 14.7 Å². The molecule has 0 radical (unpaired) electrons. The Morgan fingerprint density at radius 2 is 1.94 bits per heavy atom. The first-order valence-corrected chi connectivity index (χ1v) is 5.24. The van der Waals surface area contributed by atoms with Crippen molar-refractivity contribution in [1.82, 2.24) is 0 Å². The molecule has 5 heteroatoms. The third kappa shape index (κ3) is 4.34. The van der Waals surface area contributed by atoms with Gasteiger partial charge in [-0.05, 0) is 12.5 Å². The van der Waals surface area contributed by atoms with Gasteiger partial charge in [0.15, 0.2) is 6.10 Å². The number of ether oxygens (including phenoxy) is 1. The van der Waals surface area contributed by atoms with Crippen LogP contribution >= 0.6 is 0 Å². The van der Waals surface area contributed by atoms with Crippen molar-refractivity contribution in [3.05, 3.63) is 35.9 Å². The van der Waals surface area contributed by atoms with Crippen LogP contribution in [0.4, 0.5) is 0 Å². The van der Waals surface area contributed by atoms with Crippen molar-refractivity contribution in [1.29, 1.82) is 0 Å². The highest BCUT2D eigenvalue weighted by molar-refractivity contribution is 5.88. The number of hydrogen-bond donors (Lipinski definition) is 2. The number of carbonyl (C=O) groups is 2. The molecule has 1 aromatic carbocycles. The van der Waals surface area contributed by atoms with E-state index in [0.717, 1.165) is 0 Å². The van der Waals surface area contributed by atoms with E-state index in [4.69, 9.17) is 5.73 Å². The fourth-order valence-electron chi connectivity index (χ4n) is 1.24. The first-order chi connectivity index (χ1) is 8.00. The highest BCUT2D eigenvalue weighted by Crippen LogP contribution is 2.13. The molecule has 92 valence electrons. The molecule has 0 fully saturated rings. The molecule has 0 aliphatic rings. The second-order valence-electron chi connectivity index (χ2n) is 3.79. The van der Waals surface area contributed by atoms with Crippen LogP contribution in [0.1, 0.15) is 25.0 Å². The van der Waals surface area contributed by atoms with Gasteiger partial charge in [0.2, 0.25) is 0 Å². The molecular weight excluding hydrogens is 222 g/mol. The lowest BCUT2D eigenvalue weighted by atomic mass is 10.1. The molecule has 0 saturated carbocycles. The molecule has 2 atom stereocenters. The van der Waals surface area contributed by atoms with E-state index >= 15 is 0 Å². The van der Waals surface area contributed by atoms with Crippen LogP contribution in [0.5, 0.6) is 0 Å². The number of nitrogens with two attached hydrogens (primary N) is 1. The third-order valence-electron chi connectivity index (χ3n) is 2.04. The normalized spacial score (nSPS) is 13.8. The molecule has 3 N–H and O–H groups in total. The molecule has 0 spiro atoms. The zero-order chi connectivity index (χ0) is 12.8. The number of aliphatic hydroxyl groups excluding tert-OH is 1. The topological polar surface area (TPSA) is 89.6 Å². The molecule has 0 aliphatic heterocycles. The van der Waals surface area contributed by atoms with Crippen LogP contribution in [-0.4, -0.2) is 23.1 Å². The van der Waals surface area contributed by atoms with Crippen molar-refractivity contribution in [2.24, 2.45) is 5.73 Å². The van der Waals surface area contributed by atoms with E-state index in [2.05, 4.69) is 4.74 Å². The summed E-state index contributed by atoms with van der Waals surface area (Å²) in [5.41, 5.74) is 5.76. The van der Waals surface area contributed by atoms with Gasteiger partial charge in [0.1, 0.15) is 0 Å². The highest BCUT2D eigenvalue weighted by Gasteiger charge is 2.22. The van der Waals surface area contributed by atoms with Crippen molar-refractivity contribution in [2.45, 2.75) is 25.5 Å². The first-order valence-electron chi connectivity index (χ1n) is 5.24. The van der Waals surface area contributed by atoms with Crippen molar-refractivity contribution >= 4 is 11.9 Å². The molecule has 0 bridgehead atoms. The summed E-state index contributed by atoms with van der Waals surface area (Å²) in [6, 6.07) is 7.86. The SMILES string of the molecule is C[C@@H](N)CC(=O)OC(=O)[C@H](O)c1ccccc1. The maximum atomic E-state index is 11.4. The van der Waals surface area contributed by atoms with Gasteiger partial charge in [-0.15, -0.1) is 0 Å². The lowest BCUT2D eigenvalue weighted by Crippen LogP contribution is -2.25. The van der Waals surface area contributed by atoms with E-state index in [1.54, 1.807) is 37.3 Å². The van der Waals surface area contributed by atoms with E-state index < -0.39 is 18.0 Å². The number of rotatable bonds is 4.